The van der Waals surface area contributed by atoms with Crippen LogP contribution in [-0.4, -0.2) is 35.7 Å². The molecule has 0 radical (unpaired) electrons. The van der Waals surface area contributed by atoms with Gasteiger partial charge in [-0.05, 0) is 45.1 Å². The van der Waals surface area contributed by atoms with Crippen molar-refractivity contribution in [2.45, 2.75) is 58.0 Å². The molecule has 0 spiro atoms. The fourth-order valence-electron chi connectivity index (χ4n) is 2.59. The summed E-state index contributed by atoms with van der Waals surface area (Å²) in [5.41, 5.74) is 0. The molecule has 0 amide bonds. The fraction of sp³-hybridized carbons (Fsp3) is 1.00. The smallest absolute Gasteiger partial charge is 0.0431 e. The Morgan fingerprint density at radius 2 is 1.93 bits per heavy atom. The Morgan fingerprint density at radius 1 is 1.29 bits per heavy atom. The van der Waals surface area contributed by atoms with Crippen LogP contribution in [0.3, 0.4) is 0 Å². The molecule has 2 atom stereocenters. The third kappa shape index (κ3) is 3.25. The van der Waals surface area contributed by atoms with E-state index >= 15 is 0 Å². The quantitative estimate of drug-likeness (QED) is 0.734. The van der Waals surface area contributed by atoms with Crippen LogP contribution in [-0.2, 0) is 0 Å². The van der Waals surface area contributed by atoms with Gasteiger partial charge in [-0.25, -0.2) is 0 Å². The van der Waals surface area contributed by atoms with E-state index in [0.717, 1.165) is 24.4 Å². The molecule has 84 valence electrons. The van der Waals surface area contributed by atoms with Crippen molar-refractivity contribution < 1.29 is 5.11 Å². The van der Waals surface area contributed by atoms with E-state index in [0.29, 0.717) is 6.61 Å². The third-order valence-corrected chi connectivity index (χ3v) is 3.42. The van der Waals surface area contributed by atoms with Crippen LogP contribution in [0.5, 0.6) is 0 Å². The van der Waals surface area contributed by atoms with Gasteiger partial charge in [0.05, 0.1) is 0 Å². The van der Waals surface area contributed by atoms with Gasteiger partial charge in [-0.15, -0.1) is 0 Å². The molecule has 1 N–H and O–H groups in total. The Hall–Kier alpha value is -0.0800. The summed E-state index contributed by atoms with van der Waals surface area (Å²) in [5.74, 6) is 0.805. The summed E-state index contributed by atoms with van der Waals surface area (Å²) in [5, 5.41) is 8.81. The van der Waals surface area contributed by atoms with Crippen molar-refractivity contribution >= 4 is 0 Å². The first-order chi connectivity index (χ1) is 6.65. The molecule has 1 rings (SSSR count). The van der Waals surface area contributed by atoms with Gasteiger partial charge in [-0.3, -0.25) is 0 Å². The van der Waals surface area contributed by atoms with Gasteiger partial charge >= 0.3 is 0 Å². The van der Waals surface area contributed by atoms with Crippen LogP contribution >= 0.6 is 0 Å². The third-order valence-electron chi connectivity index (χ3n) is 3.42. The molecule has 0 unspecified atom stereocenters. The molecule has 1 saturated heterocycles. The highest BCUT2D eigenvalue weighted by atomic mass is 16.2. The summed E-state index contributed by atoms with van der Waals surface area (Å²) in [6.07, 6.45) is 6.13. The summed E-state index contributed by atoms with van der Waals surface area (Å²) < 4.78 is 0. The monoisotopic (exact) mass is 199 g/mol. The van der Waals surface area contributed by atoms with Gasteiger partial charge in [0.1, 0.15) is 0 Å². The minimum atomic E-state index is 0.346. The van der Waals surface area contributed by atoms with Gasteiger partial charge in [0.15, 0.2) is 0 Å². The summed E-state index contributed by atoms with van der Waals surface area (Å²) >= 11 is 0. The molecule has 0 aromatic heterocycles. The largest absolute Gasteiger partial charge is 0.396 e. The molecule has 0 aromatic rings. The minimum Gasteiger partial charge on any atom is -0.396 e. The van der Waals surface area contributed by atoms with Crippen molar-refractivity contribution in [2.24, 2.45) is 5.92 Å². The number of nitrogens with zero attached hydrogens (tertiary/aromatic N) is 1. The van der Waals surface area contributed by atoms with Gasteiger partial charge < -0.3 is 10.0 Å². The average Bonchev–Trinajstić information content (AvgIpc) is 2.45. The van der Waals surface area contributed by atoms with E-state index in [1.165, 1.54) is 25.7 Å². The first-order valence-electron chi connectivity index (χ1n) is 5.98. The van der Waals surface area contributed by atoms with Crippen LogP contribution in [0.4, 0.5) is 0 Å². The molecule has 2 nitrogen and oxygen atoms in total. The van der Waals surface area contributed by atoms with E-state index in [2.05, 4.69) is 25.8 Å². The number of rotatable bonds is 5. The predicted molar refractivity (Wildman–Crippen MR) is 60.3 cm³/mol. The van der Waals surface area contributed by atoms with Crippen LogP contribution in [0.25, 0.3) is 0 Å². The standard InChI is InChI=1S/C12H25NO/c1-10(2)9-12-7-6-11(13(12)3)5-4-8-14/h10-12,14H,4-9H2,1-3H3/t11-,12-/m0/s1. The predicted octanol–water partition coefficient (Wildman–Crippen LogP) is 2.27. The zero-order valence-corrected chi connectivity index (χ0v) is 9.87. The average molecular weight is 199 g/mol. The highest BCUT2D eigenvalue weighted by Crippen LogP contribution is 2.28. The number of aliphatic hydroxyl groups is 1. The van der Waals surface area contributed by atoms with Crippen LogP contribution in [0.1, 0.15) is 46.0 Å². The molecule has 1 aliphatic rings. The maximum atomic E-state index is 8.81. The Morgan fingerprint density at radius 3 is 2.50 bits per heavy atom. The molecule has 2 heteroatoms. The van der Waals surface area contributed by atoms with E-state index < -0.39 is 0 Å². The lowest BCUT2D eigenvalue weighted by atomic mass is 10.0. The van der Waals surface area contributed by atoms with E-state index in [-0.39, 0.29) is 0 Å². The highest BCUT2D eigenvalue weighted by molar-refractivity contribution is 4.85. The Kier molecular flexibility index (Phi) is 4.90. The molecule has 0 aliphatic carbocycles. The van der Waals surface area contributed by atoms with Crippen molar-refractivity contribution in [3.63, 3.8) is 0 Å². The van der Waals surface area contributed by atoms with Crippen LogP contribution in [0.15, 0.2) is 0 Å². The van der Waals surface area contributed by atoms with Crippen molar-refractivity contribution in [2.75, 3.05) is 13.7 Å². The molecule has 1 aliphatic heterocycles. The Bertz CT molecular complexity index is 158. The lowest BCUT2D eigenvalue weighted by Gasteiger charge is -2.26. The van der Waals surface area contributed by atoms with Gasteiger partial charge in [-0.1, -0.05) is 13.8 Å². The lowest BCUT2D eigenvalue weighted by Crippen LogP contribution is -2.33. The zero-order chi connectivity index (χ0) is 10.6. The van der Waals surface area contributed by atoms with Crippen LogP contribution < -0.4 is 0 Å². The number of hydrogen-bond acceptors (Lipinski definition) is 2. The summed E-state index contributed by atoms with van der Waals surface area (Å²) in [6.45, 7) is 4.95. The molecule has 14 heavy (non-hydrogen) atoms. The highest BCUT2D eigenvalue weighted by Gasteiger charge is 2.29. The summed E-state index contributed by atoms with van der Waals surface area (Å²) in [4.78, 5) is 2.54. The second-order valence-electron chi connectivity index (χ2n) is 5.05. The summed E-state index contributed by atoms with van der Waals surface area (Å²) in [6, 6.07) is 1.52. The number of likely N-dealkylation sites (tertiary alicyclic amines) is 1. The second kappa shape index (κ2) is 5.72. The van der Waals surface area contributed by atoms with Gasteiger partial charge in [0.2, 0.25) is 0 Å². The van der Waals surface area contributed by atoms with Gasteiger partial charge in [-0.2, -0.15) is 0 Å². The second-order valence-corrected chi connectivity index (χ2v) is 5.05. The van der Waals surface area contributed by atoms with E-state index in [1.807, 2.05) is 0 Å². The molecule has 0 saturated carbocycles. The molecule has 1 fully saturated rings. The van der Waals surface area contributed by atoms with Crippen molar-refractivity contribution in [1.29, 1.82) is 0 Å². The Balaban J connectivity index is 2.31. The van der Waals surface area contributed by atoms with Gasteiger partial charge in [0, 0.05) is 18.7 Å². The van der Waals surface area contributed by atoms with Crippen LogP contribution in [0.2, 0.25) is 0 Å². The zero-order valence-electron chi connectivity index (χ0n) is 9.87. The van der Waals surface area contributed by atoms with E-state index in [9.17, 15) is 0 Å². The molecular formula is C12H25NO. The van der Waals surface area contributed by atoms with E-state index in [4.69, 9.17) is 5.11 Å². The minimum absolute atomic E-state index is 0.346. The number of aliphatic hydroxyl groups excluding tert-OH is 1. The Labute approximate surface area is 88.3 Å². The van der Waals surface area contributed by atoms with Gasteiger partial charge in [0.25, 0.3) is 0 Å². The first kappa shape index (κ1) is 12.0. The molecule has 0 bridgehead atoms. The molecular weight excluding hydrogens is 174 g/mol. The first-order valence-corrected chi connectivity index (χ1v) is 5.98. The normalized spacial score (nSPS) is 28.9. The van der Waals surface area contributed by atoms with Crippen molar-refractivity contribution in [3.05, 3.63) is 0 Å². The van der Waals surface area contributed by atoms with Crippen molar-refractivity contribution in [1.82, 2.24) is 4.90 Å². The SMILES string of the molecule is CC(C)C[C@@H]1CC[C@H](CCCO)N1C. The lowest BCUT2D eigenvalue weighted by molar-refractivity contribution is 0.194. The topological polar surface area (TPSA) is 23.5 Å². The van der Waals surface area contributed by atoms with Crippen molar-refractivity contribution in [3.8, 4) is 0 Å². The summed E-state index contributed by atoms with van der Waals surface area (Å²) in [7, 11) is 2.25. The molecule has 1 heterocycles. The van der Waals surface area contributed by atoms with Crippen LogP contribution in [0, 0.1) is 5.92 Å². The van der Waals surface area contributed by atoms with E-state index in [1.54, 1.807) is 0 Å². The maximum absolute atomic E-state index is 8.81. The molecule has 0 aromatic carbocycles. The maximum Gasteiger partial charge on any atom is 0.0431 e. The number of hydrogen-bond donors (Lipinski definition) is 1. The fourth-order valence-corrected chi connectivity index (χ4v) is 2.59.